The summed E-state index contributed by atoms with van der Waals surface area (Å²) in [5.41, 5.74) is 5.88. The Balaban J connectivity index is 2.22. The van der Waals surface area contributed by atoms with Crippen LogP contribution in [0.25, 0.3) is 0 Å². The van der Waals surface area contributed by atoms with E-state index in [2.05, 4.69) is 31.9 Å². The Hall–Kier alpha value is -0.800. The molecular formula is C13H24N2O. The monoisotopic (exact) mass is 224 g/mol. The molecule has 0 saturated carbocycles. The van der Waals surface area contributed by atoms with Crippen molar-refractivity contribution in [3.63, 3.8) is 0 Å². The van der Waals surface area contributed by atoms with E-state index < -0.39 is 0 Å². The number of furan rings is 1. The molecule has 1 aromatic heterocycles. The highest BCUT2D eigenvalue weighted by molar-refractivity contribution is 5.05. The van der Waals surface area contributed by atoms with Crippen LogP contribution in [0.5, 0.6) is 0 Å². The Bertz CT molecular complexity index is 312. The van der Waals surface area contributed by atoms with Crippen LogP contribution in [-0.4, -0.2) is 30.6 Å². The van der Waals surface area contributed by atoms with Gasteiger partial charge in [-0.3, -0.25) is 0 Å². The topological polar surface area (TPSA) is 42.4 Å². The summed E-state index contributed by atoms with van der Waals surface area (Å²) in [4.78, 5) is 2.30. The fourth-order valence-corrected chi connectivity index (χ4v) is 1.51. The summed E-state index contributed by atoms with van der Waals surface area (Å²) in [7, 11) is 2.13. The van der Waals surface area contributed by atoms with Crippen LogP contribution in [0.3, 0.4) is 0 Å². The number of nitrogens with zero attached hydrogens (tertiary/aromatic N) is 1. The van der Waals surface area contributed by atoms with Gasteiger partial charge in [0, 0.05) is 18.5 Å². The van der Waals surface area contributed by atoms with E-state index in [1.807, 2.05) is 13.0 Å². The van der Waals surface area contributed by atoms with Crippen molar-refractivity contribution >= 4 is 0 Å². The van der Waals surface area contributed by atoms with Gasteiger partial charge in [0.15, 0.2) is 0 Å². The first kappa shape index (κ1) is 13.3. The van der Waals surface area contributed by atoms with Crippen molar-refractivity contribution in [2.75, 3.05) is 20.1 Å². The van der Waals surface area contributed by atoms with Crippen LogP contribution in [0.1, 0.15) is 31.8 Å². The molecule has 0 radical (unpaired) electrons. The summed E-state index contributed by atoms with van der Waals surface area (Å²) in [6, 6.07) is 4.06. The number of nitrogens with two attached hydrogens (primary N) is 1. The second-order valence-electron chi connectivity index (χ2n) is 5.30. The molecule has 0 atom stereocenters. The predicted octanol–water partition coefficient (Wildman–Crippen LogP) is 2.19. The van der Waals surface area contributed by atoms with Crippen LogP contribution in [0, 0.1) is 6.92 Å². The molecule has 1 aromatic rings. The fraction of sp³-hybridized carbons (Fsp3) is 0.692. The average molecular weight is 224 g/mol. The van der Waals surface area contributed by atoms with Gasteiger partial charge in [-0.15, -0.1) is 0 Å². The normalized spacial score (nSPS) is 12.4. The largest absolute Gasteiger partial charge is 0.466 e. The lowest BCUT2D eigenvalue weighted by molar-refractivity contribution is 0.291. The first-order chi connectivity index (χ1) is 7.37. The minimum atomic E-state index is -0.0739. The molecule has 0 unspecified atom stereocenters. The summed E-state index contributed by atoms with van der Waals surface area (Å²) >= 11 is 0. The molecule has 1 heterocycles. The van der Waals surface area contributed by atoms with Crippen molar-refractivity contribution in [2.24, 2.45) is 5.73 Å². The third-order valence-corrected chi connectivity index (χ3v) is 2.67. The quantitative estimate of drug-likeness (QED) is 0.805. The number of likely N-dealkylation sites (N-methyl/N-ethyl adjacent to an activating group) is 1. The summed E-state index contributed by atoms with van der Waals surface area (Å²) < 4.78 is 5.53. The second-order valence-corrected chi connectivity index (χ2v) is 5.30. The van der Waals surface area contributed by atoms with Gasteiger partial charge in [0.25, 0.3) is 0 Å². The maximum atomic E-state index is 5.95. The minimum absolute atomic E-state index is 0.0739. The van der Waals surface area contributed by atoms with Crippen LogP contribution in [0.2, 0.25) is 0 Å². The lowest BCUT2D eigenvalue weighted by atomic mass is 10.0. The first-order valence-electron chi connectivity index (χ1n) is 5.89. The molecule has 3 heteroatoms. The highest BCUT2D eigenvalue weighted by Gasteiger charge is 2.11. The molecule has 0 aliphatic rings. The van der Waals surface area contributed by atoms with E-state index in [0.29, 0.717) is 0 Å². The molecule has 1 rings (SSSR count). The smallest absolute Gasteiger partial charge is 0.105 e. The number of aryl methyl sites for hydroxylation is 1. The van der Waals surface area contributed by atoms with Gasteiger partial charge in [-0.1, -0.05) is 0 Å². The van der Waals surface area contributed by atoms with Crippen molar-refractivity contribution in [3.8, 4) is 0 Å². The third-order valence-electron chi connectivity index (χ3n) is 2.67. The standard InChI is InChI=1S/C13H24N2O/c1-11-5-6-12(16-11)7-9-15(4)10-8-13(2,3)14/h5-6H,7-10,14H2,1-4H3. The summed E-state index contributed by atoms with van der Waals surface area (Å²) in [5, 5.41) is 0. The molecule has 0 aliphatic heterocycles. The van der Waals surface area contributed by atoms with Gasteiger partial charge < -0.3 is 15.1 Å². The SMILES string of the molecule is Cc1ccc(CCN(C)CCC(C)(C)N)o1. The molecule has 92 valence electrons. The predicted molar refractivity (Wildman–Crippen MR) is 67.5 cm³/mol. The third kappa shape index (κ3) is 5.33. The van der Waals surface area contributed by atoms with E-state index in [9.17, 15) is 0 Å². The average Bonchev–Trinajstić information content (AvgIpc) is 2.57. The van der Waals surface area contributed by atoms with Crippen molar-refractivity contribution in [3.05, 3.63) is 23.7 Å². The molecule has 0 fully saturated rings. The van der Waals surface area contributed by atoms with Crippen LogP contribution in [0.15, 0.2) is 16.5 Å². The van der Waals surface area contributed by atoms with Crippen LogP contribution in [-0.2, 0) is 6.42 Å². The fourth-order valence-electron chi connectivity index (χ4n) is 1.51. The van der Waals surface area contributed by atoms with E-state index in [0.717, 1.165) is 37.5 Å². The molecule has 0 spiro atoms. The first-order valence-corrected chi connectivity index (χ1v) is 5.89. The highest BCUT2D eigenvalue weighted by atomic mass is 16.3. The van der Waals surface area contributed by atoms with Gasteiger partial charge in [0.1, 0.15) is 11.5 Å². The number of hydrogen-bond donors (Lipinski definition) is 1. The van der Waals surface area contributed by atoms with Gasteiger partial charge in [-0.2, -0.15) is 0 Å². The van der Waals surface area contributed by atoms with Crippen molar-refractivity contribution < 1.29 is 4.42 Å². The Morgan fingerprint density at radius 3 is 2.50 bits per heavy atom. The molecule has 0 bridgehead atoms. The molecule has 2 N–H and O–H groups in total. The summed E-state index contributed by atoms with van der Waals surface area (Å²) in [6.45, 7) is 8.16. The summed E-state index contributed by atoms with van der Waals surface area (Å²) in [6.07, 6.45) is 1.98. The minimum Gasteiger partial charge on any atom is -0.466 e. The molecule has 0 amide bonds. The Labute approximate surface area is 98.6 Å². The molecule has 0 aromatic carbocycles. The van der Waals surface area contributed by atoms with Crippen molar-refractivity contribution in [2.45, 2.75) is 39.2 Å². The number of hydrogen-bond acceptors (Lipinski definition) is 3. The zero-order valence-electron chi connectivity index (χ0n) is 10.9. The number of rotatable bonds is 6. The van der Waals surface area contributed by atoms with E-state index in [1.165, 1.54) is 0 Å². The Morgan fingerprint density at radius 2 is 2.00 bits per heavy atom. The van der Waals surface area contributed by atoms with Crippen molar-refractivity contribution in [1.82, 2.24) is 4.90 Å². The highest BCUT2D eigenvalue weighted by Crippen LogP contribution is 2.08. The van der Waals surface area contributed by atoms with E-state index in [4.69, 9.17) is 10.2 Å². The zero-order valence-corrected chi connectivity index (χ0v) is 10.9. The maximum Gasteiger partial charge on any atom is 0.105 e. The lowest BCUT2D eigenvalue weighted by Crippen LogP contribution is -2.36. The maximum absolute atomic E-state index is 5.95. The van der Waals surface area contributed by atoms with Gasteiger partial charge in [-0.25, -0.2) is 0 Å². The molecule has 3 nitrogen and oxygen atoms in total. The summed E-state index contributed by atoms with van der Waals surface area (Å²) in [5.74, 6) is 2.05. The van der Waals surface area contributed by atoms with Crippen LogP contribution < -0.4 is 5.73 Å². The van der Waals surface area contributed by atoms with Gasteiger partial charge in [0.05, 0.1) is 0 Å². The lowest BCUT2D eigenvalue weighted by Gasteiger charge is -2.23. The van der Waals surface area contributed by atoms with E-state index in [1.54, 1.807) is 0 Å². The van der Waals surface area contributed by atoms with Gasteiger partial charge in [-0.05, 0) is 52.9 Å². The molecular weight excluding hydrogens is 200 g/mol. The Morgan fingerprint density at radius 1 is 1.31 bits per heavy atom. The van der Waals surface area contributed by atoms with Crippen LogP contribution in [0.4, 0.5) is 0 Å². The van der Waals surface area contributed by atoms with Gasteiger partial charge in [0.2, 0.25) is 0 Å². The molecule has 0 aliphatic carbocycles. The van der Waals surface area contributed by atoms with E-state index >= 15 is 0 Å². The van der Waals surface area contributed by atoms with Gasteiger partial charge >= 0.3 is 0 Å². The van der Waals surface area contributed by atoms with E-state index in [-0.39, 0.29) is 5.54 Å². The van der Waals surface area contributed by atoms with Crippen LogP contribution >= 0.6 is 0 Å². The Kier molecular flexibility index (Phi) is 4.56. The molecule has 16 heavy (non-hydrogen) atoms. The van der Waals surface area contributed by atoms with Crippen molar-refractivity contribution in [1.29, 1.82) is 0 Å². The second kappa shape index (κ2) is 5.51. The molecule has 0 saturated heterocycles. The zero-order chi connectivity index (χ0) is 12.2.